The molecule has 0 atom stereocenters. The minimum absolute atomic E-state index is 0.150. The molecular weight excluding hydrogens is 248 g/mol. The van der Waals surface area contributed by atoms with E-state index in [0.717, 1.165) is 18.4 Å². The first kappa shape index (κ1) is 16.2. The van der Waals surface area contributed by atoms with Crippen molar-refractivity contribution in [3.63, 3.8) is 0 Å². The van der Waals surface area contributed by atoms with Crippen LogP contribution in [0.1, 0.15) is 39.2 Å². The van der Waals surface area contributed by atoms with Crippen LogP contribution < -0.4 is 0 Å². The fraction of sp³-hybridized carbons (Fsp3) is 0.389. The first-order valence-corrected chi connectivity index (χ1v) is 7.12. The van der Waals surface area contributed by atoms with E-state index in [1.165, 1.54) is 11.1 Å². The number of carbonyl (C=O) groups is 1. The molecule has 0 N–H and O–H groups in total. The van der Waals surface area contributed by atoms with Crippen molar-refractivity contribution in [2.24, 2.45) is 0 Å². The molecule has 0 radical (unpaired) electrons. The van der Waals surface area contributed by atoms with E-state index in [1.54, 1.807) is 0 Å². The number of hydrogen-bond acceptors (Lipinski definition) is 2. The third-order valence-electron chi connectivity index (χ3n) is 3.24. The number of rotatable bonds is 7. The van der Waals surface area contributed by atoms with Crippen LogP contribution in [-0.4, -0.2) is 12.6 Å². The van der Waals surface area contributed by atoms with Crippen LogP contribution in [0.3, 0.4) is 0 Å². The Labute approximate surface area is 122 Å². The third kappa shape index (κ3) is 6.37. The van der Waals surface area contributed by atoms with Crippen LogP contribution in [0.4, 0.5) is 0 Å². The molecule has 1 aromatic carbocycles. The maximum Gasteiger partial charge on any atom is 0.310 e. The van der Waals surface area contributed by atoms with Crippen LogP contribution in [-0.2, 0) is 16.0 Å². The molecule has 0 unspecified atom stereocenters. The highest BCUT2D eigenvalue weighted by Gasteiger charge is 2.04. The largest absolute Gasteiger partial charge is 0.465 e. The van der Waals surface area contributed by atoms with Gasteiger partial charge in [0.25, 0.3) is 0 Å². The molecule has 0 aliphatic carbocycles. The normalized spacial score (nSPS) is 12.3. The zero-order valence-corrected chi connectivity index (χ0v) is 12.7. The summed E-state index contributed by atoms with van der Waals surface area (Å²) in [5, 5.41) is 0. The van der Waals surface area contributed by atoms with Gasteiger partial charge in [0.15, 0.2) is 0 Å². The van der Waals surface area contributed by atoms with E-state index in [-0.39, 0.29) is 5.97 Å². The Morgan fingerprint density at radius 3 is 2.55 bits per heavy atom. The summed E-state index contributed by atoms with van der Waals surface area (Å²) in [4.78, 5) is 11.6. The van der Waals surface area contributed by atoms with Crippen molar-refractivity contribution in [2.75, 3.05) is 6.61 Å². The second-order valence-electron chi connectivity index (χ2n) is 4.95. The van der Waals surface area contributed by atoms with E-state index in [9.17, 15) is 4.79 Å². The molecule has 108 valence electrons. The lowest BCUT2D eigenvalue weighted by molar-refractivity contribution is -0.142. The lowest BCUT2D eigenvalue weighted by Crippen LogP contribution is -2.09. The van der Waals surface area contributed by atoms with E-state index in [2.05, 4.69) is 19.9 Å². The van der Waals surface area contributed by atoms with E-state index in [4.69, 9.17) is 4.74 Å². The van der Waals surface area contributed by atoms with Gasteiger partial charge in [-0.2, -0.15) is 0 Å². The van der Waals surface area contributed by atoms with Crippen LogP contribution in [0.5, 0.6) is 0 Å². The number of ether oxygens (including phenoxy) is 1. The smallest absolute Gasteiger partial charge is 0.310 e. The molecule has 1 rings (SSSR count). The molecule has 2 nitrogen and oxygen atoms in total. The molecule has 20 heavy (non-hydrogen) atoms. The SMILES string of the molecule is C/C=C/C(C)=C(\C)CCCOC(=O)Cc1ccccc1. The zero-order chi connectivity index (χ0) is 14.8. The molecule has 0 aliphatic rings. The highest BCUT2D eigenvalue weighted by atomic mass is 16.5. The summed E-state index contributed by atoms with van der Waals surface area (Å²) in [7, 11) is 0. The maximum absolute atomic E-state index is 11.6. The van der Waals surface area contributed by atoms with Gasteiger partial charge in [-0.3, -0.25) is 4.79 Å². The molecule has 0 aromatic heterocycles. The molecule has 0 fully saturated rings. The fourth-order valence-corrected chi connectivity index (χ4v) is 1.93. The molecule has 2 heteroatoms. The molecule has 0 heterocycles. The van der Waals surface area contributed by atoms with E-state index >= 15 is 0 Å². The van der Waals surface area contributed by atoms with E-state index in [1.807, 2.05) is 43.3 Å². The molecule has 0 aliphatic heterocycles. The quantitative estimate of drug-likeness (QED) is 0.416. The van der Waals surface area contributed by atoms with Crippen molar-refractivity contribution >= 4 is 5.97 Å². The minimum atomic E-state index is -0.150. The number of hydrogen-bond donors (Lipinski definition) is 0. The van der Waals surface area contributed by atoms with Crippen molar-refractivity contribution in [3.05, 3.63) is 59.2 Å². The summed E-state index contributed by atoms with van der Waals surface area (Å²) < 4.78 is 5.26. The van der Waals surface area contributed by atoms with Gasteiger partial charge in [-0.1, -0.05) is 53.6 Å². The molecule has 0 saturated carbocycles. The highest BCUT2D eigenvalue weighted by molar-refractivity contribution is 5.72. The summed E-state index contributed by atoms with van der Waals surface area (Å²) in [6.45, 7) is 6.74. The van der Waals surface area contributed by atoms with Gasteiger partial charge in [0, 0.05) is 0 Å². The Kier molecular flexibility index (Phi) is 7.41. The number of esters is 1. The second kappa shape index (κ2) is 9.13. The Hall–Kier alpha value is -1.83. The molecule has 0 spiro atoms. The fourth-order valence-electron chi connectivity index (χ4n) is 1.93. The van der Waals surface area contributed by atoms with Crippen molar-refractivity contribution in [1.29, 1.82) is 0 Å². The number of allylic oxidation sites excluding steroid dienone is 4. The zero-order valence-electron chi connectivity index (χ0n) is 12.7. The van der Waals surface area contributed by atoms with Crippen LogP contribution in [0.25, 0.3) is 0 Å². The van der Waals surface area contributed by atoms with Crippen LogP contribution in [0.2, 0.25) is 0 Å². The molecular formula is C18H24O2. The van der Waals surface area contributed by atoms with Crippen molar-refractivity contribution < 1.29 is 9.53 Å². The Morgan fingerprint density at radius 2 is 1.90 bits per heavy atom. The summed E-state index contributed by atoms with van der Waals surface area (Å²) >= 11 is 0. The van der Waals surface area contributed by atoms with Gasteiger partial charge in [0.1, 0.15) is 0 Å². The monoisotopic (exact) mass is 272 g/mol. The van der Waals surface area contributed by atoms with Gasteiger partial charge in [0.2, 0.25) is 0 Å². The van der Waals surface area contributed by atoms with Gasteiger partial charge in [0.05, 0.1) is 13.0 Å². The van der Waals surface area contributed by atoms with Crippen molar-refractivity contribution in [2.45, 2.75) is 40.0 Å². The Balaban J connectivity index is 2.24. The van der Waals surface area contributed by atoms with Crippen molar-refractivity contribution in [1.82, 2.24) is 0 Å². The van der Waals surface area contributed by atoms with E-state index in [0.29, 0.717) is 13.0 Å². The van der Waals surface area contributed by atoms with Crippen LogP contribution >= 0.6 is 0 Å². The number of benzene rings is 1. The van der Waals surface area contributed by atoms with Crippen molar-refractivity contribution in [3.8, 4) is 0 Å². The van der Waals surface area contributed by atoms with E-state index < -0.39 is 0 Å². The van der Waals surface area contributed by atoms with Gasteiger partial charge in [-0.15, -0.1) is 0 Å². The average Bonchev–Trinajstić information content (AvgIpc) is 2.44. The van der Waals surface area contributed by atoms with Gasteiger partial charge in [-0.05, 0) is 39.2 Å². The highest BCUT2D eigenvalue weighted by Crippen LogP contribution is 2.11. The number of carbonyl (C=O) groups excluding carboxylic acids is 1. The molecule has 0 amide bonds. The lowest BCUT2D eigenvalue weighted by atomic mass is 10.1. The standard InChI is InChI=1S/C18H24O2/c1-4-9-15(2)16(3)10-8-13-20-18(19)14-17-11-6-5-7-12-17/h4-7,9,11-12H,8,10,13-14H2,1-3H3/b9-4+,16-15+. The summed E-state index contributed by atoms with van der Waals surface area (Å²) in [6.07, 6.45) is 6.35. The Morgan fingerprint density at radius 1 is 1.20 bits per heavy atom. The van der Waals surface area contributed by atoms with Crippen LogP contribution in [0, 0.1) is 0 Å². The molecule has 1 aromatic rings. The topological polar surface area (TPSA) is 26.3 Å². The lowest BCUT2D eigenvalue weighted by Gasteiger charge is -2.06. The molecule has 0 bridgehead atoms. The van der Waals surface area contributed by atoms with Gasteiger partial charge < -0.3 is 4.74 Å². The first-order valence-electron chi connectivity index (χ1n) is 7.12. The minimum Gasteiger partial charge on any atom is -0.465 e. The predicted octanol–water partition coefficient (Wildman–Crippen LogP) is 4.47. The summed E-state index contributed by atoms with van der Waals surface area (Å²) in [5.41, 5.74) is 3.64. The predicted molar refractivity (Wildman–Crippen MR) is 83.5 cm³/mol. The Bertz CT molecular complexity index is 469. The van der Waals surface area contributed by atoms with Gasteiger partial charge >= 0.3 is 5.97 Å². The van der Waals surface area contributed by atoms with Gasteiger partial charge in [-0.25, -0.2) is 0 Å². The maximum atomic E-state index is 11.6. The second-order valence-corrected chi connectivity index (χ2v) is 4.95. The third-order valence-corrected chi connectivity index (χ3v) is 3.24. The average molecular weight is 272 g/mol. The molecule has 0 saturated heterocycles. The summed E-state index contributed by atoms with van der Waals surface area (Å²) in [5.74, 6) is -0.150. The first-order chi connectivity index (χ1) is 9.63. The van der Waals surface area contributed by atoms with Crippen LogP contribution in [0.15, 0.2) is 53.6 Å². The summed E-state index contributed by atoms with van der Waals surface area (Å²) in [6, 6.07) is 9.68.